The summed E-state index contributed by atoms with van der Waals surface area (Å²) in [6.45, 7) is 0. The summed E-state index contributed by atoms with van der Waals surface area (Å²) in [4.78, 5) is 26.4. The van der Waals surface area contributed by atoms with Crippen LogP contribution in [0, 0.1) is 0 Å². The lowest BCUT2D eigenvalue weighted by atomic mass is 10.3. The van der Waals surface area contributed by atoms with E-state index in [1.807, 2.05) is 41.1 Å². The first-order chi connectivity index (χ1) is 11.8. The van der Waals surface area contributed by atoms with Crippen molar-refractivity contribution in [2.24, 2.45) is 0 Å². The summed E-state index contributed by atoms with van der Waals surface area (Å²) in [5.41, 5.74) is 1.93. The number of carbonyl (C=O) groups is 1. The molecule has 4 aromatic rings. The number of amides is 1. The molecule has 0 atom stereocenters. The van der Waals surface area contributed by atoms with Crippen molar-refractivity contribution in [3.05, 3.63) is 58.4 Å². The molecule has 4 heterocycles. The van der Waals surface area contributed by atoms with Crippen LogP contribution in [0.15, 0.2) is 52.7 Å². The number of hydrogen-bond donors (Lipinski definition) is 1. The fraction of sp³-hybridized carbons (Fsp3) is 0. The molecule has 0 aliphatic rings. The molecule has 0 saturated heterocycles. The maximum Gasteiger partial charge on any atom is 0.276 e. The molecule has 118 valence electrons. The highest BCUT2D eigenvalue weighted by molar-refractivity contribution is 7.20. The summed E-state index contributed by atoms with van der Waals surface area (Å²) in [6.07, 6.45) is 1.72. The van der Waals surface area contributed by atoms with Gasteiger partial charge >= 0.3 is 0 Å². The minimum absolute atomic E-state index is 0.254. The zero-order valence-corrected chi connectivity index (χ0v) is 14.6. The van der Waals surface area contributed by atoms with Gasteiger partial charge in [0.1, 0.15) is 16.4 Å². The molecular weight excluding hydrogens is 360 g/mol. The predicted molar refractivity (Wildman–Crippen MR) is 98.7 cm³/mol. The molecule has 0 unspecified atom stereocenters. The van der Waals surface area contributed by atoms with Crippen LogP contribution < -0.4 is 5.32 Å². The standard InChI is InChI=1S/C16H10N4OS3/c21-14(12-9-23-15(18-12)13-5-3-7-22-13)20-16-19-11(8-24-16)10-4-1-2-6-17-10/h1-9H,(H,19,20,21). The van der Waals surface area contributed by atoms with Gasteiger partial charge in [-0.15, -0.1) is 34.0 Å². The fourth-order valence-corrected chi connectivity index (χ4v) is 4.33. The molecule has 0 saturated carbocycles. The van der Waals surface area contributed by atoms with E-state index in [-0.39, 0.29) is 5.91 Å². The van der Waals surface area contributed by atoms with E-state index < -0.39 is 0 Å². The number of nitrogens with one attached hydrogen (secondary N) is 1. The second kappa shape index (κ2) is 6.60. The largest absolute Gasteiger partial charge is 0.296 e. The number of anilines is 1. The van der Waals surface area contributed by atoms with Gasteiger partial charge in [-0.05, 0) is 23.6 Å². The number of rotatable bonds is 4. The van der Waals surface area contributed by atoms with Crippen LogP contribution in [0.25, 0.3) is 21.3 Å². The zero-order valence-electron chi connectivity index (χ0n) is 12.2. The summed E-state index contributed by atoms with van der Waals surface area (Å²) in [6, 6.07) is 9.60. The second-order valence-electron chi connectivity index (χ2n) is 4.72. The van der Waals surface area contributed by atoms with Crippen LogP contribution in [-0.4, -0.2) is 20.9 Å². The number of thiophene rings is 1. The highest BCUT2D eigenvalue weighted by Crippen LogP contribution is 2.28. The van der Waals surface area contributed by atoms with Crippen LogP contribution in [0.4, 0.5) is 5.13 Å². The molecule has 0 aliphatic carbocycles. The lowest BCUT2D eigenvalue weighted by Crippen LogP contribution is -2.12. The normalized spacial score (nSPS) is 10.7. The molecule has 5 nitrogen and oxygen atoms in total. The van der Waals surface area contributed by atoms with Gasteiger partial charge in [-0.1, -0.05) is 12.1 Å². The van der Waals surface area contributed by atoms with Crippen molar-refractivity contribution >= 4 is 45.0 Å². The van der Waals surface area contributed by atoms with E-state index in [1.54, 1.807) is 22.9 Å². The average Bonchev–Trinajstić information content (AvgIpc) is 3.36. The molecule has 0 aliphatic heterocycles. The fourth-order valence-electron chi connectivity index (χ4n) is 2.02. The van der Waals surface area contributed by atoms with Crippen LogP contribution in [0.2, 0.25) is 0 Å². The number of carbonyl (C=O) groups excluding carboxylic acids is 1. The highest BCUT2D eigenvalue weighted by Gasteiger charge is 2.14. The Morgan fingerprint density at radius 2 is 1.92 bits per heavy atom. The van der Waals surface area contributed by atoms with E-state index in [0.29, 0.717) is 10.8 Å². The Balaban J connectivity index is 1.50. The molecule has 4 aromatic heterocycles. The molecule has 8 heteroatoms. The first kappa shape index (κ1) is 15.1. The first-order valence-corrected chi connectivity index (χ1v) is 9.61. The van der Waals surface area contributed by atoms with Gasteiger partial charge in [0, 0.05) is 17.0 Å². The first-order valence-electron chi connectivity index (χ1n) is 6.97. The summed E-state index contributed by atoms with van der Waals surface area (Å²) >= 11 is 4.43. The molecule has 0 radical (unpaired) electrons. The molecule has 1 N–H and O–H groups in total. The number of hydrogen-bond acceptors (Lipinski definition) is 7. The molecular formula is C16H10N4OS3. The number of nitrogens with zero attached hydrogens (tertiary/aromatic N) is 3. The van der Waals surface area contributed by atoms with Crippen molar-refractivity contribution in [3.63, 3.8) is 0 Å². The third kappa shape index (κ3) is 3.12. The summed E-state index contributed by atoms with van der Waals surface area (Å²) in [5, 5.41) is 9.80. The molecule has 0 spiro atoms. The Morgan fingerprint density at radius 3 is 2.71 bits per heavy atom. The van der Waals surface area contributed by atoms with Crippen molar-refractivity contribution in [3.8, 4) is 21.3 Å². The van der Waals surface area contributed by atoms with Gasteiger partial charge in [-0.3, -0.25) is 15.1 Å². The van der Waals surface area contributed by atoms with E-state index in [1.165, 1.54) is 22.7 Å². The van der Waals surface area contributed by atoms with Gasteiger partial charge in [-0.25, -0.2) is 9.97 Å². The molecule has 24 heavy (non-hydrogen) atoms. The summed E-state index contributed by atoms with van der Waals surface area (Å²) in [7, 11) is 0. The number of thiazole rings is 2. The van der Waals surface area contributed by atoms with Crippen molar-refractivity contribution in [2.75, 3.05) is 5.32 Å². The minimum atomic E-state index is -0.254. The Bertz CT molecular complexity index is 960. The van der Waals surface area contributed by atoms with Gasteiger partial charge in [-0.2, -0.15) is 0 Å². The van der Waals surface area contributed by atoms with Crippen LogP contribution >= 0.6 is 34.0 Å². The van der Waals surface area contributed by atoms with Crippen LogP contribution in [0.3, 0.4) is 0 Å². The molecule has 1 amide bonds. The Morgan fingerprint density at radius 1 is 0.958 bits per heavy atom. The van der Waals surface area contributed by atoms with E-state index in [2.05, 4.69) is 20.3 Å². The topological polar surface area (TPSA) is 67.8 Å². The van der Waals surface area contributed by atoms with E-state index in [0.717, 1.165) is 21.3 Å². The smallest absolute Gasteiger partial charge is 0.276 e. The van der Waals surface area contributed by atoms with Gasteiger partial charge in [0.25, 0.3) is 5.91 Å². The number of aromatic nitrogens is 3. The second-order valence-corrected chi connectivity index (χ2v) is 7.39. The van der Waals surface area contributed by atoms with Gasteiger partial charge < -0.3 is 0 Å². The summed E-state index contributed by atoms with van der Waals surface area (Å²) in [5.74, 6) is -0.254. The predicted octanol–water partition coefficient (Wildman–Crippen LogP) is 4.64. The molecule has 0 fully saturated rings. The third-order valence-corrected chi connectivity index (χ3v) is 5.76. The quantitative estimate of drug-likeness (QED) is 0.568. The Kier molecular flexibility index (Phi) is 4.16. The zero-order chi connectivity index (χ0) is 16.4. The van der Waals surface area contributed by atoms with E-state index in [4.69, 9.17) is 0 Å². The highest BCUT2D eigenvalue weighted by atomic mass is 32.1. The monoisotopic (exact) mass is 370 g/mol. The summed E-state index contributed by atoms with van der Waals surface area (Å²) < 4.78 is 0. The van der Waals surface area contributed by atoms with Gasteiger partial charge in [0.05, 0.1) is 10.6 Å². The van der Waals surface area contributed by atoms with Crippen LogP contribution in [0.5, 0.6) is 0 Å². The molecule has 0 aromatic carbocycles. The molecule has 4 rings (SSSR count). The number of pyridine rings is 1. The van der Waals surface area contributed by atoms with Gasteiger partial charge in [0.15, 0.2) is 5.13 Å². The van der Waals surface area contributed by atoms with Crippen molar-refractivity contribution in [1.82, 2.24) is 15.0 Å². The van der Waals surface area contributed by atoms with Crippen molar-refractivity contribution in [1.29, 1.82) is 0 Å². The lowest BCUT2D eigenvalue weighted by molar-refractivity contribution is 0.102. The lowest BCUT2D eigenvalue weighted by Gasteiger charge is -1.97. The SMILES string of the molecule is O=C(Nc1nc(-c2ccccn2)cs1)c1csc(-c2cccs2)n1. The third-order valence-electron chi connectivity index (χ3n) is 3.12. The average molecular weight is 370 g/mol. The van der Waals surface area contributed by atoms with E-state index in [9.17, 15) is 4.79 Å². The van der Waals surface area contributed by atoms with Crippen molar-refractivity contribution < 1.29 is 4.79 Å². The minimum Gasteiger partial charge on any atom is -0.296 e. The van der Waals surface area contributed by atoms with Crippen LogP contribution in [0.1, 0.15) is 10.5 Å². The maximum atomic E-state index is 12.3. The van der Waals surface area contributed by atoms with Gasteiger partial charge in [0.2, 0.25) is 0 Å². The Labute approximate surface area is 149 Å². The maximum absolute atomic E-state index is 12.3. The molecule has 0 bridgehead atoms. The van der Waals surface area contributed by atoms with E-state index >= 15 is 0 Å². The van der Waals surface area contributed by atoms with Crippen LogP contribution in [-0.2, 0) is 0 Å². The Hall–Kier alpha value is -2.42. The van der Waals surface area contributed by atoms with Crippen molar-refractivity contribution in [2.45, 2.75) is 0 Å².